The van der Waals surface area contributed by atoms with Crippen molar-refractivity contribution in [1.29, 1.82) is 0 Å². The van der Waals surface area contributed by atoms with Crippen molar-refractivity contribution in [3.63, 3.8) is 0 Å². The molecule has 0 saturated heterocycles. The molecule has 1 unspecified atom stereocenters. The predicted octanol–water partition coefficient (Wildman–Crippen LogP) is 2.56. The van der Waals surface area contributed by atoms with Crippen LogP contribution in [0.4, 0.5) is 0 Å². The topological polar surface area (TPSA) is 48.9 Å². The molecule has 0 amide bonds. The molecule has 1 atom stereocenters. The highest BCUT2D eigenvalue weighted by molar-refractivity contribution is 14.0. The van der Waals surface area contributed by atoms with Crippen molar-refractivity contribution in [3.05, 3.63) is 22.4 Å². The maximum absolute atomic E-state index is 5.32. The van der Waals surface area contributed by atoms with E-state index in [4.69, 9.17) is 4.74 Å². The lowest BCUT2D eigenvalue weighted by atomic mass is 10.2. The second kappa shape index (κ2) is 13.1. The Morgan fingerprint density at radius 1 is 1.41 bits per heavy atom. The molecule has 1 aromatic heterocycles. The van der Waals surface area contributed by atoms with E-state index in [0.717, 1.165) is 38.7 Å². The lowest BCUT2D eigenvalue weighted by molar-refractivity contribution is 0.145. The summed E-state index contributed by atoms with van der Waals surface area (Å²) >= 11 is 1.79. The standard InChI is InChI=1S/C15H28N4OS.HI/c1-5-20-10-7-9-17-15(16-2)18-12-13(19(3)4)14-8-6-11-21-14;/h6,8,11,13H,5,7,9-10,12H2,1-4H3,(H2,16,17,18);1H. The molecule has 1 aromatic rings. The number of rotatable bonds is 9. The van der Waals surface area contributed by atoms with Crippen LogP contribution in [0.25, 0.3) is 0 Å². The summed E-state index contributed by atoms with van der Waals surface area (Å²) in [6, 6.07) is 4.62. The van der Waals surface area contributed by atoms with Gasteiger partial charge in [0.05, 0.1) is 6.04 Å². The summed E-state index contributed by atoms with van der Waals surface area (Å²) in [7, 11) is 6.00. The van der Waals surface area contributed by atoms with Gasteiger partial charge >= 0.3 is 0 Å². The minimum absolute atomic E-state index is 0. The third kappa shape index (κ3) is 8.30. The van der Waals surface area contributed by atoms with Gasteiger partial charge in [-0.3, -0.25) is 4.99 Å². The van der Waals surface area contributed by atoms with Crippen LogP contribution in [0, 0.1) is 0 Å². The van der Waals surface area contributed by atoms with E-state index in [2.05, 4.69) is 52.1 Å². The Kier molecular flexibility index (Phi) is 12.9. The number of aliphatic imine (C=N–C) groups is 1. The van der Waals surface area contributed by atoms with Crippen LogP contribution in [-0.4, -0.2) is 58.3 Å². The molecule has 0 aliphatic rings. The van der Waals surface area contributed by atoms with Crippen LogP contribution in [-0.2, 0) is 4.74 Å². The van der Waals surface area contributed by atoms with Crippen molar-refractivity contribution in [2.45, 2.75) is 19.4 Å². The largest absolute Gasteiger partial charge is 0.382 e. The molecular weight excluding hydrogens is 411 g/mol. The normalized spacial score (nSPS) is 12.9. The molecular formula is C15H29IN4OS. The van der Waals surface area contributed by atoms with Gasteiger partial charge < -0.3 is 20.3 Å². The van der Waals surface area contributed by atoms with Crippen LogP contribution in [0.2, 0.25) is 0 Å². The number of hydrogen-bond donors (Lipinski definition) is 2. The minimum atomic E-state index is 0. The maximum Gasteiger partial charge on any atom is 0.191 e. The van der Waals surface area contributed by atoms with Gasteiger partial charge in [-0.05, 0) is 38.9 Å². The quantitative estimate of drug-likeness (QED) is 0.268. The molecule has 0 aliphatic heterocycles. The first-order chi connectivity index (χ1) is 10.2. The Bertz CT molecular complexity index is 398. The number of nitrogens with one attached hydrogen (secondary N) is 2. The maximum atomic E-state index is 5.32. The van der Waals surface area contributed by atoms with E-state index in [1.165, 1.54) is 4.88 Å². The van der Waals surface area contributed by atoms with Crippen LogP contribution in [0.1, 0.15) is 24.3 Å². The summed E-state index contributed by atoms with van der Waals surface area (Å²) < 4.78 is 5.32. The van der Waals surface area contributed by atoms with Crippen LogP contribution < -0.4 is 10.6 Å². The average Bonchev–Trinajstić information content (AvgIpc) is 2.98. The molecule has 5 nitrogen and oxygen atoms in total. The summed E-state index contributed by atoms with van der Waals surface area (Å²) in [6.45, 7) is 5.28. The molecule has 1 rings (SSSR count). The number of hydrogen-bond acceptors (Lipinski definition) is 4. The van der Waals surface area contributed by atoms with Crippen LogP contribution in [0.15, 0.2) is 22.5 Å². The number of ether oxygens (including phenoxy) is 1. The number of guanidine groups is 1. The Hall–Kier alpha value is -0.380. The first kappa shape index (κ1) is 21.6. The molecule has 0 radical (unpaired) electrons. The smallest absolute Gasteiger partial charge is 0.191 e. The molecule has 0 spiro atoms. The van der Waals surface area contributed by atoms with Gasteiger partial charge in [0, 0.05) is 38.2 Å². The Labute approximate surface area is 155 Å². The Balaban J connectivity index is 0.00000441. The second-order valence-electron chi connectivity index (χ2n) is 4.93. The van der Waals surface area contributed by atoms with Gasteiger partial charge in [0.15, 0.2) is 5.96 Å². The van der Waals surface area contributed by atoms with Crippen LogP contribution in [0.5, 0.6) is 0 Å². The SMILES string of the molecule is CCOCCCNC(=NC)NCC(c1cccs1)N(C)C.I. The molecule has 0 saturated carbocycles. The van der Waals surface area contributed by atoms with Gasteiger partial charge in [-0.15, -0.1) is 35.3 Å². The molecule has 1 heterocycles. The summed E-state index contributed by atoms with van der Waals surface area (Å²) in [6.07, 6.45) is 0.983. The fourth-order valence-electron chi connectivity index (χ4n) is 1.96. The molecule has 7 heteroatoms. The number of likely N-dealkylation sites (N-methyl/N-ethyl adjacent to an activating group) is 1. The monoisotopic (exact) mass is 440 g/mol. The van der Waals surface area contributed by atoms with E-state index < -0.39 is 0 Å². The van der Waals surface area contributed by atoms with Gasteiger partial charge in [0.2, 0.25) is 0 Å². The highest BCUT2D eigenvalue weighted by Gasteiger charge is 2.15. The van der Waals surface area contributed by atoms with Crippen molar-refractivity contribution in [2.24, 2.45) is 4.99 Å². The van der Waals surface area contributed by atoms with E-state index in [1.54, 1.807) is 18.4 Å². The molecule has 2 N–H and O–H groups in total. The zero-order chi connectivity index (χ0) is 15.5. The van der Waals surface area contributed by atoms with E-state index >= 15 is 0 Å². The zero-order valence-corrected chi connectivity index (χ0v) is 17.1. The predicted molar refractivity (Wildman–Crippen MR) is 107 cm³/mol. The summed E-state index contributed by atoms with van der Waals surface area (Å²) in [5.74, 6) is 0.843. The second-order valence-corrected chi connectivity index (χ2v) is 5.90. The first-order valence-corrected chi connectivity index (χ1v) is 8.29. The van der Waals surface area contributed by atoms with Crippen molar-refractivity contribution >= 4 is 41.3 Å². The molecule has 0 aliphatic carbocycles. The minimum Gasteiger partial charge on any atom is -0.382 e. The van der Waals surface area contributed by atoms with Crippen LogP contribution in [0.3, 0.4) is 0 Å². The van der Waals surface area contributed by atoms with Crippen molar-refractivity contribution in [2.75, 3.05) is 47.4 Å². The fourth-order valence-corrected chi connectivity index (χ4v) is 2.88. The summed E-state index contributed by atoms with van der Waals surface area (Å²) in [5.41, 5.74) is 0. The van der Waals surface area contributed by atoms with Gasteiger partial charge in [-0.25, -0.2) is 0 Å². The van der Waals surface area contributed by atoms with Gasteiger partial charge in [0.25, 0.3) is 0 Å². The van der Waals surface area contributed by atoms with Crippen molar-refractivity contribution in [3.8, 4) is 0 Å². The van der Waals surface area contributed by atoms with Gasteiger partial charge in [0.1, 0.15) is 0 Å². The average molecular weight is 440 g/mol. The fraction of sp³-hybridized carbons (Fsp3) is 0.667. The zero-order valence-electron chi connectivity index (χ0n) is 14.0. The highest BCUT2D eigenvalue weighted by atomic mass is 127. The van der Waals surface area contributed by atoms with Crippen LogP contribution >= 0.6 is 35.3 Å². The summed E-state index contributed by atoms with van der Waals surface area (Å²) in [5, 5.41) is 8.82. The van der Waals surface area contributed by atoms with E-state index in [9.17, 15) is 0 Å². The molecule has 0 aromatic carbocycles. The van der Waals surface area contributed by atoms with Crippen molar-refractivity contribution < 1.29 is 4.74 Å². The summed E-state index contributed by atoms with van der Waals surface area (Å²) in [4.78, 5) is 7.84. The van der Waals surface area contributed by atoms with Gasteiger partial charge in [-0.1, -0.05) is 6.07 Å². The lowest BCUT2D eigenvalue weighted by Gasteiger charge is -2.24. The number of thiophene rings is 1. The third-order valence-electron chi connectivity index (χ3n) is 3.14. The molecule has 128 valence electrons. The van der Waals surface area contributed by atoms with E-state index in [1.807, 2.05) is 6.92 Å². The first-order valence-electron chi connectivity index (χ1n) is 7.41. The lowest BCUT2D eigenvalue weighted by Crippen LogP contribution is -2.42. The third-order valence-corrected chi connectivity index (χ3v) is 4.12. The highest BCUT2D eigenvalue weighted by Crippen LogP contribution is 2.22. The number of nitrogens with zero attached hydrogens (tertiary/aromatic N) is 2. The van der Waals surface area contributed by atoms with Gasteiger partial charge in [-0.2, -0.15) is 0 Å². The Morgan fingerprint density at radius 3 is 2.73 bits per heavy atom. The molecule has 22 heavy (non-hydrogen) atoms. The van der Waals surface area contributed by atoms with E-state index in [-0.39, 0.29) is 24.0 Å². The molecule has 0 fully saturated rings. The molecule has 0 bridgehead atoms. The van der Waals surface area contributed by atoms with Crippen molar-refractivity contribution in [1.82, 2.24) is 15.5 Å². The van der Waals surface area contributed by atoms with E-state index in [0.29, 0.717) is 6.04 Å². The Morgan fingerprint density at radius 2 is 2.18 bits per heavy atom. The number of halogens is 1.